The zero-order valence-corrected chi connectivity index (χ0v) is 18.7. The Hall–Kier alpha value is -3.16. The van der Waals surface area contributed by atoms with Crippen LogP contribution in [-0.4, -0.2) is 33.8 Å². The van der Waals surface area contributed by atoms with Gasteiger partial charge in [0.05, 0.1) is 18.7 Å². The third kappa shape index (κ3) is 4.19. The first-order valence-electron chi connectivity index (χ1n) is 9.65. The van der Waals surface area contributed by atoms with Crippen molar-refractivity contribution in [3.05, 3.63) is 83.4 Å². The second kappa shape index (κ2) is 8.91. The molecular formula is C23H21ClN4O2S. The number of benzene rings is 2. The Morgan fingerprint density at radius 2 is 2.06 bits per heavy atom. The van der Waals surface area contributed by atoms with E-state index in [0.717, 1.165) is 28.1 Å². The summed E-state index contributed by atoms with van der Waals surface area (Å²) in [6, 6.07) is 14.8. The van der Waals surface area contributed by atoms with E-state index in [1.54, 1.807) is 13.2 Å². The van der Waals surface area contributed by atoms with Crippen LogP contribution in [0.15, 0.2) is 71.4 Å². The Balaban J connectivity index is 1.80. The Morgan fingerprint density at radius 3 is 2.74 bits per heavy atom. The molecule has 2 heterocycles. The Morgan fingerprint density at radius 1 is 1.29 bits per heavy atom. The molecule has 2 aromatic carbocycles. The van der Waals surface area contributed by atoms with Gasteiger partial charge in [0.1, 0.15) is 5.75 Å². The maximum atomic E-state index is 6.26. The van der Waals surface area contributed by atoms with E-state index < -0.39 is 0 Å². The molecule has 1 aromatic heterocycles. The summed E-state index contributed by atoms with van der Waals surface area (Å²) in [7, 11) is 1.63. The summed E-state index contributed by atoms with van der Waals surface area (Å²) in [5, 5.41) is 8.82. The fraction of sp³-hybridized carbons (Fsp3) is 0.174. The van der Waals surface area contributed by atoms with Crippen LogP contribution in [0, 0.1) is 0 Å². The molecule has 0 fully saturated rings. The van der Waals surface area contributed by atoms with Crippen molar-refractivity contribution >= 4 is 34.5 Å². The molecule has 0 bridgehead atoms. The maximum Gasteiger partial charge on any atom is 0.258 e. The van der Waals surface area contributed by atoms with Gasteiger partial charge in [0.2, 0.25) is 5.82 Å². The molecule has 3 aromatic rings. The van der Waals surface area contributed by atoms with E-state index in [1.807, 2.05) is 60.4 Å². The van der Waals surface area contributed by atoms with Gasteiger partial charge in [-0.15, -0.1) is 6.58 Å². The van der Waals surface area contributed by atoms with Gasteiger partial charge < -0.3 is 19.5 Å². The zero-order valence-electron chi connectivity index (χ0n) is 17.1. The van der Waals surface area contributed by atoms with Gasteiger partial charge in [0.25, 0.3) is 5.89 Å². The van der Waals surface area contributed by atoms with Gasteiger partial charge in [-0.25, -0.2) is 0 Å². The van der Waals surface area contributed by atoms with Crippen molar-refractivity contribution in [3.63, 3.8) is 0 Å². The number of nitrogens with one attached hydrogen (secondary N) is 1. The lowest BCUT2D eigenvalue weighted by molar-refractivity contribution is 0.399. The molecule has 6 nitrogen and oxygen atoms in total. The average molecular weight is 453 g/mol. The summed E-state index contributed by atoms with van der Waals surface area (Å²) < 4.78 is 10.9. The summed E-state index contributed by atoms with van der Waals surface area (Å²) in [4.78, 5) is 6.64. The monoisotopic (exact) mass is 452 g/mol. The van der Waals surface area contributed by atoms with E-state index in [0.29, 0.717) is 28.4 Å². The SMILES string of the molecule is C=CCN1C(=S)NC(c2cccc(Cl)c2)C(c2nc(-c3ccc(OC)cc3)no2)=C1C. The van der Waals surface area contributed by atoms with Crippen molar-refractivity contribution in [2.75, 3.05) is 13.7 Å². The molecule has 0 saturated carbocycles. The molecule has 4 rings (SSSR count). The number of halogens is 1. The van der Waals surface area contributed by atoms with Gasteiger partial charge >= 0.3 is 0 Å². The standard InChI is InChI=1S/C23H21ClN4O2S/c1-4-12-28-14(2)19(20(25-23(28)31)16-6-5-7-17(24)13-16)22-26-21(27-30-22)15-8-10-18(29-3)11-9-15/h4-11,13,20H,1,12H2,2-3H3,(H,25,31). The predicted octanol–water partition coefficient (Wildman–Crippen LogP) is 5.25. The Labute approximate surface area is 191 Å². The van der Waals surface area contributed by atoms with Gasteiger partial charge in [-0.1, -0.05) is 35.0 Å². The lowest BCUT2D eigenvalue weighted by Gasteiger charge is -2.36. The molecule has 0 radical (unpaired) electrons. The molecule has 1 aliphatic rings. The lowest BCUT2D eigenvalue weighted by atomic mass is 9.95. The molecule has 1 aliphatic heterocycles. The Kier molecular flexibility index (Phi) is 6.06. The molecule has 1 unspecified atom stereocenters. The van der Waals surface area contributed by atoms with E-state index >= 15 is 0 Å². The summed E-state index contributed by atoms with van der Waals surface area (Å²) in [6.07, 6.45) is 1.80. The predicted molar refractivity (Wildman–Crippen MR) is 126 cm³/mol. The smallest absolute Gasteiger partial charge is 0.258 e. The molecule has 0 aliphatic carbocycles. The lowest BCUT2D eigenvalue weighted by Crippen LogP contribution is -2.45. The topological polar surface area (TPSA) is 63.4 Å². The van der Waals surface area contributed by atoms with Gasteiger partial charge in [-0.05, 0) is 61.1 Å². The fourth-order valence-electron chi connectivity index (χ4n) is 3.53. The highest BCUT2D eigenvalue weighted by Gasteiger charge is 2.33. The number of methoxy groups -OCH3 is 1. The fourth-order valence-corrected chi connectivity index (χ4v) is 4.06. The highest BCUT2D eigenvalue weighted by atomic mass is 35.5. The number of rotatable bonds is 6. The van der Waals surface area contributed by atoms with Crippen LogP contribution in [0.25, 0.3) is 17.0 Å². The first-order valence-corrected chi connectivity index (χ1v) is 10.4. The summed E-state index contributed by atoms with van der Waals surface area (Å²) >= 11 is 11.9. The van der Waals surface area contributed by atoms with Gasteiger partial charge in [0, 0.05) is 22.8 Å². The second-order valence-electron chi connectivity index (χ2n) is 6.99. The van der Waals surface area contributed by atoms with Gasteiger partial charge in [-0.2, -0.15) is 4.98 Å². The average Bonchev–Trinajstić information content (AvgIpc) is 3.26. The maximum absolute atomic E-state index is 6.26. The third-order valence-corrected chi connectivity index (χ3v) is 5.67. The second-order valence-corrected chi connectivity index (χ2v) is 7.81. The quantitative estimate of drug-likeness (QED) is 0.405. The summed E-state index contributed by atoms with van der Waals surface area (Å²) in [5.41, 5.74) is 3.53. The van der Waals surface area contributed by atoms with Crippen molar-refractivity contribution in [2.45, 2.75) is 13.0 Å². The van der Waals surface area contributed by atoms with Gasteiger partial charge in [0.15, 0.2) is 5.11 Å². The largest absolute Gasteiger partial charge is 0.497 e. The number of hydrogen-bond donors (Lipinski definition) is 1. The molecule has 1 N–H and O–H groups in total. The summed E-state index contributed by atoms with van der Waals surface area (Å²) in [5.74, 6) is 1.67. The number of aromatic nitrogens is 2. The third-order valence-electron chi connectivity index (χ3n) is 5.09. The first-order chi connectivity index (χ1) is 15.0. The van der Waals surface area contributed by atoms with E-state index in [2.05, 4.69) is 22.0 Å². The zero-order chi connectivity index (χ0) is 22.0. The van der Waals surface area contributed by atoms with Crippen LogP contribution >= 0.6 is 23.8 Å². The van der Waals surface area contributed by atoms with E-state index in [4.69, 9.17) is 33.1 Å². The van der Waals surface area contributed by atoms with Crippen molar-refractivity contribution in [1.82, 2.24) is 20.4 Å². The molecular weight excluding hydrogens is 432 g/mol. The number of allylic oxidation sites excluding steroid dienone is 1. The minimum atomic E-state index is -0.281. The molecule has 8 heteroatoms. The molecule has 31 heavy (non-hydrogen) atoms. The van der Waals surface area contributed by atoms with Crippen molar-refractivity contribution in [2.24, 2.45) is 0 Å². The van der Waals surface area contributed by atoms with Crippen LogP contribution in [0.5, 0.6) is 5.75 Å². The van der Waals surface area contributed by atoms with Gasteiger partial charge in [-0.3, -0.25) is 0 Å². The summed E-state index contributed by atoms with van der Waals surface area (Å²) in [6.45, 7) is 6.38. The molecule has 0 spiro atoms. The highest BCUT2D eigenvalue weighted by Crippen LogP contribution is 2.38. The molecule has 0 saturated heterocycles. The van der Waals surface area contributed by atoms with E-state index in [1.165, 1.54) is 0 Å². The van der Waals surface area contributed by atoms with Crippen LogP contribution in [0.1, 0.15) is 24.4 Å². The van der Waals surface area contributed by atoms with Crippen LogP contribution < -0.4 is 10.1 Å². The van der Waals surface area contributed by atoms with Crippen molar-refractivity contribution in [3.8, 4) is 17.1 Å². The van der Waals surface area contributed by atoms with Crippen molar-refractivity contribution in [1.29, 1.82) is 0 Å². The van der Waals surface area contributed by atoms with Crippen molar-refractivity contribution < 1.29 is 9.26 Å². The molecule has 0 amide bonds. The minimum absolute atomic E-state index is 0.281. The highest BCUT2D eigenvalue weighted by molar-refractivity contribution is 7.80. The Bertz CT molecular complexity index is 1160. The normalized spacial score (nSPS) is 16.3. The van der Waals surface area contributed by atoms with Crippen LogP contribution in [0.2, 0.25) is 5.02 Å². The number of thiocarbonyl (C=S) groups is 1. The molecule has 158 valence electrons. The number of ether oxygens (including phenoxy) is 1. The molecule has 1 atom stereocenters. The van der Waals surface area contributed by atoms with E-state index in [-0.39, 0.29) is 6.04 Å². The first kappa shape index (κ1) is 21.1. The minimum Gasteiger partial charge on any atom is -0.497 e. The van der Waals surface area contributed by atoms with E-state index in [9.17, 15) is 0 Å². The van der Waals surface area contributed by atoms with Crippen LogP contribution in [0.3, 0.4) is 0 Å². The van der Waals surface area contributed by atoms with Crippen LogP contribution in [-0.2, 0) is 0 Å². The number of hydrogen-bond acceptors (Lipinski definition) is 5. The van der Waals surface area contributed by atoms with Crippen LogP contribution in [0.4, 0.5) is 0 Å². The number of nitrogens with zero attached hydrogens (tertiary/aromatic N) is 3.